The van der Waals surface area contributed by atoms with Crippen molar-refractivity contribution < 1.29 is 33.0 Å². The normalized spacial score (nSPS) is 10.2. The molecule has 0 aliphatic heterocycles. The van der Waals surface area contributed by atoms with Crippen molar-refractivity contribution in [3.63, 3.8) is 0 Å². The second-order valence-electron chi connectivity index (χ2n) is 4.49. The van der Waals surface area contributed by atoms with E-state index < -0.39 is 29.6 Å². The number of rotatable bonds is 7. The first-order chi connectivity index (χ1) is 10.5. The van der Waals surface area contributed by atoms with Crippen molar-refractivity contribution in [1.82, 2.24) is 0 Å². The lowest BCUT2D eigenvalue weighted by Gasteiger charge is -2.14. The maximum absolute atomic E-state index is 12.8. The van der Waals surface area contributed by atoms with Crippen LogP contribution in [0, 0.1) is 11.7 Å². The molecule has 22 heavy (non-hydrogen) atoms. The average Bonchev–Trinajstić information content (AvgIpc) is 2.52. The highest BCUT2D eigenvalue weighted by Gasteiger charge is 2.27. The zero-order chi connectivity index (χ0) is 16.5. The number of ether oxygens (including phenoxy) is 3. The van der Waals surface area contributed by atoms with Gasteiger partial charge in [0.1, 0.15) is 12.4 Å². The highest BCUT2D eigenvalue weighted by atomic mass is 19.1. The maximum Gasteiger partial charge on any atom is 0.310 e. The van der Waals surface area contributed by atoms with Crippen molar-refractivity contribution >= 4 is 17.9 Å². The summed E-state index contributed by atoms with van der Waals surface area (Å²) < 4.78 is 26.8. The number of carbonyl (C=O) groups is 3. The van der Waals surface area contributed by atoms with Gasteiger partial charge in [-0.2, -0.15) is 0 Å². The van der Waals surface area contributed by atoms with Crippen molar-refractivity contribution in [2.75, 3.05) is 14.2 Å². The van der Waals surface area contributed by atoms with Crippen LogP contribution in [0.25, 0.3) is 0 Å². The predicted molar refractivity (Wildman–Crippen MR) is 73.0 cm³/mol. The third-order valence-corrected chi connectivity index (χ3v) is 2.91. The number of hydrogen-bond acceptors (Lipinski definition) is 6. The Morgan fingerprint density at radius 3 is 1.95 bits per heavy atom. The molecule has 0 unspecified atom stereocenters. The van der Waals surface area contributed by atoms with Crippen LogP contribution < -0.4 is 0 Å². The van der Waals surface area contributed by atoms with Crippen LogP contribution >= 0.6 is 0 Å². The molecule has 0 aliphatic carbocycles. The topological polar surface area (TPSA) is 78.9 Å². The van der Waals surface area contributed by atoms with E-state index in [-0.39, 0.29) is 19.4 Å². The maximum atomic E-state index is 12.8. The molecule has 0 atom stereocenters. The molecule has 0 fully saturated rings. The van der Waals surface area contributed by atoms with Gasteiger partial charge in [-0.05, 0) is 17.7 Å². The van der Waals surface area contributed by atoms with E-state index in [2.05, 4.69) is 9.47 Å². The Balaban J connectivity index is 2.63. The second kappa shape index (κ2) is 8.76. The first kappa shape index (κ1) is 17.6. The molecule has 0 aliphatic rings. The monoisotopic (exact) mass is 312 g/mol. The minimum Gasteiger partial charge on any atom is -0.469 e. The van der Waals surface area contributed by atoms with E-state index in [0.717, 1.165) is 0 Å². The Morgan fingerprint density at radius 2 is 1.50 bits per heavy atom. The molecule has 0 heterocycles. The van der Waals surface area contributed by atoms with Gasteiger partial charge >= 0.3 is 17.9 Å². The molecule has 120 valence electrons. The van der Waals surface area contributed by atoms with E-state index in [9.17, 15) is 18.8 Å². The van der Waals surface area contributed by atoms with Crippen molar-refractivity contribution in [2.24, 2.45) is 5.92 Å². The van der Waals surface area contributed by atoms with Crippen molar-refractivity contribution in [1.29, 1.82) is 0 Å². The number of halogens is 1. The summed E-state index contributed by atoms with van der Waals surface area (Å²) in [6.07, 6.45) is -0.568. The van der Waals surface area contributed by atoms with Crippen molar-refractivity contribution in [2.45, 2.75) is 19.4 Å². The van der Waals surface area contributed by atoms with Gasteiger partial charge in [-0.1, -0.05) is 12.1 Å². The molecule has 7 heteroatoms. The number of hydrogen-bond donors (Lipinski definition) is 0. The van der Waals surface area contributed by atoms with Gasteiger partial charge in [-0.25, -0.2) is 4.39 Å². The minimum atomic E-state index is -0.986. The highest BCUT2D eigenvalue weighted by Crippen LogP contribution is 2.15. The lowest BCUT2D eigenvalue weighted by molar-refractivity contribution is -0.158. The van der Waals surface area contributed by atoms with Gasteiger partial charge in [0.25, 0.3) is 0 Å². The van der Waals surface area contributed by atoms with Gasteiger partial charge in [-0.15, -0.1) is 0 Å². The van der Waals surface area contributed by atoms with Crippen LogP contribution in [-0.4, -0.2) is 32.1 Å². The number of carbonyl (C=O) groups excluding carboxylic acids is 3. The molecule has 0 aromatic heterocycles. The third kappa shape index (κ3) is 5.90. The Kier molecular flexibility index (Phi) is 7.01. The fourth-order valence-corrected chi connectivity index (χ4v) is 1.66. The van der Waals surface area contributed by atoms with Crippen molar-refractivity contribution in [3.8, 4) is 0 Å². The molecule has 0 saturated carbocycles. The zero-order valence-corrected chi connectivity index (χ0v) is 12.3. The minimum absolute atomic E-state index is 0.0854. The van der Waals surface area contributed by atoms with Crippen LogP contribution in [0.4, 0.5) is 4.39 Å². The quantitative estimate of drug-likeness (QED) is 0.562. The molecule has 1 aromatic rings. The van der Waals surface area contributed by atoms with Crippen LogP contribution in [0.1, 0.15) is 18.4 Å². The molecule has 1 aromatic carbocycles. The Labute approximate surface area is 127 Å². The Morgan fingerprint density at radius 1 is 1.00 bits per heavy atom. The summed E-state index contributed by atoms with van der Waals surface area (Å²) in [6, 6.07) is 5.42. The fourth-order valence-electron chi connectivity index (χ4n) is 1.66. The molecule has 1 rings (SSSR count). The van der Waals surface area contributed by atoms with Gasteiger partial charge in [0.2, 0.25) is 0 Å². The SMILES string of the molecule is COC(=O)CC(CC(=O)OC)C(=O)OCc1ccc(F)cc1. The summed E-state index contributed by atoms with van der Waals surface area (Å²) >= 11 is 0. The Bertz CT molecular complexity index is 507. The Hall–Kier alpha value is -2.44. The van der Waals surface area contributed by atoms with Crippen LogP contribution in [0.3, 0.4) is 0 Å². The number of benzene rings is 1. The van der Waals surface area contributed by atoms with Gasteiger partial charge in [-0.3, -0.25) is 14.4 Å². The van der Waals surface area contributed by atoms with Gasteiger partial charge < -0.3 is 14.2 Å². The molecule has 0 N–H and O–H groups in total. The molecule has 6 nitrogen and oxygen atoms in total. The van der Waals surface area contributed by atoms with Crippen LogP contribution in [0.5, 0.6) is 0 Å². The number of methoxy groups -OCH3 is 2. The number of esters is 3. The van der Waals surface area contributed by atoms with Crippen molar-refractivity contribution in [3.05, 3.63) is 35.6 Å². The first-order valence-corrected chi connectivity index (χ1v) is 6.51. The van der Waals surface area contributed by atoms with Gasteiger partial charge in [0.05, 0.1) is 33.0 Å². The average molecular weight is 312 g/mol. The molecular formula is C15H17FO6. The summed E-state index contributed by atoms with van der Waals surface area (Å²) in [7, 11) is 2.36. The predicted octanol–water partition coefficient (Wildman–Crippen LogP) is 1.61. The third-order valence-electron chi connectivity index (χ3n) is 2.91. The molecule has 0 bridgehead atoms. The van der Waals surface area contributed by atoms with Gasteiger partial charge in [0.15, 0.2) is 0 Å². The molecule has 0 amide bonds. The molecule has 0 saturated heterocycles. The second-order valence-corrected chi connectivity index (χ2v) is 4.49. The molecule has 0 spiro atoms. The van der Waals surface area contributed by atoms with E-state index in [4.69, 9.17) is 4.74 Å². The zero-order valence-electron chi connectivity index (χ0n) is 12.3. The molecular weight excluding hydrogens is 295 g/mol. The smallest absolute Gasteiger partial charge is 0.310 e. The molecule has 0 radical (unpaired) electrons. The van der Waals surface area contributed by atoms with Gasteiger partial charge in [0, 0.05) is 0 Å². The highest BCUT2D eigenvalue weighted by molar-refractivity contribution is 5.84. The van der Waals surface area contributed by atoms with E-state index in [1.54, 1.807) is 0 Å². The summed E-state index contributed by atoms with van der Waals surface area (Å²) in [6.45, 7) is -0.0854. The standard InChI is InChI=1S/C15H17FO6/c1-20-13(17)7-11(8-14(18)21-2)15(19)22-9-10-3-5-12(16)6-4-10/h3-6,11H,7-9H2,1-2H3. The summed E-state index contributed by atoms with van der Waals surface area (Å²) in [5.74, 6) is -3.37. The largest absolute Gasteiger partial charge is 0.469 e. The lowest BCUT2D eigenvalue weighted by atomic mass is 10.0. The van der Waals surface area contributed by atoms with E-state index in [0.29, 0.717) is 5.56 Å². The summed E-state index contributed by atoms with van der Waals surface area (Å²) in [4.78, 5) is 34.5. The van der Waals surface area contributed by atoms with E-state index in [1.807, 2.05) is 0 Å². The van der Waals surface area contributed by atoms with Crippen LogP contribution in [0.2, 0.25) is 0 Å². The van der Waals surface area contributed by atoms with Crippen LogP contribution in [0.15, 0.2) is 24.3 Å². The lowest BCUT2D eigenvalue weighted by Crippen LogP contribution is -2.24. The van der Waals surface area contributed by atoms with Crippen LogP contribution in [-0.2, 0) is 35.2 Å². The fraction of sp³-hybridized carbons (Fsp3) is 0.400. The first-order valence-electron chi connectivity index (χ1n) is 6.51. The van der Waals surface area contributed by atoms with E-state index in [1.165, 1.54) is 38.5 Å². The summed E-state index contributed by atoms with van der Waals surface area (Å²) in [5, 5.41) is 0. The van der Waals surface area contributed by atoms with E-state index >= 15 is 0 Å². The summed E-state index contributed by atoms with van der Waals surface area (Å²) in [5.41, 5.74) is 0.588.